The molecule has 0 atom stereocenters. The molecule has 0 aliphatic rings. The first kappa shape index (κ1) is 11.6. The van der Waals surface area contributed by atoms with Gasteiger partial charge in [0, 0.05) is 26.3 Å². The van der Waals surface area contributed by atoms with E-state index in [1.54, 1.807) is 0 Å². The molecule has 0 aromatic heterocycles. The van der Waals surface area contributed by atoms with Crippen LogP contribution in [0.5, 0.6) is 0 Å². The Morgan fingerprint density at radius 1 is 1.00 bits per heavy atom. The Bertz CT molecular complexity index is 110. The second kappa shape index (κ2) is 8.70. The molecule has 0 bridgehead atoms. The highest BCUT2D eigenvalue weighted by Gasteiger charge is 1.92. The molecule has 5 heteroatoms. The lowest BCUT2D eigenvalue weighted by molar-refractivity contribution is 0.287. The molecule has 4 nitrogen and oxygen atoms in total. The SMILES string of the molecule is OCCCNC(=S)NCCCO. The van der Waals surface area contributed by atoms with Crippen molar-refractivity contribution in [2.45, 2.75) is 12.8 Å². The van der Waals surface area contributed by atoms with Crippen molar-refractivity contribution in [1.29, 1.82) is 0 Å². The molecule has 0 aromatic rings. The van der Waals surface area contributed by atoms with Crippen LogP contribution < -0.4 is 10.6 Å². The van der Waals surface area contributed by atoms with E-state index >= 15 is 0 Å². The summed E-state index contributed by atoms with van der Waals surface area (Å²) in [6.45, 7) is 1.71. The van der Waals surface area contributed by atoms with Crippen LogP contribution in [0.2, 0.25) is 0 Å². The molecule has 0 radical (unpaired) electrons. The Balaban J connectivity index is 3.10. The Kier molecular flexibility index (Phi) is 8.42. The molecule has 0 aromatic carbocycles. The van der Waals surface area contributed by atoms with Crippen LogP contribution in [0.4, 0.5) is 0 Å². The number of nitrogens with one attached hydrogen (secondary N) is 2. The summed E-state index contributed by atoms with van der Waals surface area (Å²) in [5.41, 5.74) is 0. The van der Waals surface area contributed by atoms with Gasteiger partial charge in [-0.3, -0.25) is 0 Å². The van der Waals surface area contributed by atoms with Crippen molar-refractivity contribution in [3.63, 3.8) is 0 Å². The minimum Gasteiger partial charge on any atom is -0.396 e. The lowest BCUT2D eigenvalue weighted by Crippen LogP contribution is -2.36. The van der Waals surface area contributed by atoms with E-state index in [1.807, 2.05) is 0 Å². The quantitative estimate of drug-likeness (QED) is 0.328. The molecule has 0 fully saturated rings. The maximum Gasteiger partial charge on any atom is 0.166 e. The number of thiocarbonyl (C=S) groups is 1. The van der Waals surface area contributed by atoms with Crippen LogP contribution in [0.1, 0.15) is 12.8 Å². The first-order valence-corrected chi connectivity index (χ1v) is 4.45. The van der Waals surface area contributed by atoms with Crippen LogP contribution in [0.15, 0.2) is 0 Å². The number of hydrogen-bond acceptors (Lipinski definition) is 3. The predicted octanol–water partition coefficient (Wildman–Crippen LogP) is -0.785. The fourth-order valence-electron chi connectivity index (χ4n) is 0.624. The summed E-state index contributed by atoms with van der Waals surface area (Å²) >= 11 is 4.90. The molecule has 4 N–H and O–H groups in total. The molecule has 0 aliphatic heterocycles. The molecule has 0 amide bonds. The van der Waals surface area contributed by atoms with Crippen LogP contribution in [-0.2, 0) is 0 Å². The van der Waals surface area contributed by atoms with Crippen LogP contribution in [0.25, 0.3) is 0 Å². The average Bonchev–Trinajstić information content (AvgIpc) is 2.06. The Morgan fingerprint density at radius 3 is 1.75 bits per heavy atom. The third-order valence-electron chi connectivity index (χ3n) is 1.24. The molecule has 0 aliphatic carbocycles. The highest BCUT2D eigenvalue weighted by molar-refractivity contribution is 7.80. The largest absolute Gasteiger partial charge is 0.396 e. The van der Waals surface area contributed by atoms with Crippen LogP contribution in [0, 0.1) is 0 Å². The number of hydrogen-bond donors (Lipinski definition) is 4. The fourth-order valence-corrected chi connectivity index (χ4v) is 0.829. The van der Waals surface area contributed by atoms with Gasteiger partial charge in [0.25, 0.3) is 0 Å². The van der Waals surface area contributed by atoms with Crippen molar-refractivity contribution in [1.82, 2.24) is 10.6 Å². The van der Waals surface area contributed by atoms with Gasteiger partial charge >= 0.3 is 0 Å². The minimum atomic E-state index is 0.173. The maximum absolute atomic E-state index is 8.46. The maximum atomic E-state index is 8.46. The van der Waals surface area contributed by atoms with Crippen molar-refractivity contribution in [2.24, 2.45) is 0 Å². The van der Waals surface area contributed by atoms with E-state index in [0.29, 0.717) is 31.0 Å². The second-order valence-corrected chi connectivity index (χ2v) is 2.75. The van der Waals surface area contributed by atoms with Gasteiger partial charge in [0.15, 0.2) is 5.11 Å². The molecular formula is C7H16N2O2S. The van der Waals surface area contributed by atoms with Gasteiger partial charge < -0.3 is 20.8 Å². The van der Waals surface area contributed by atoms with Crippen molar-refractivity contribution in [2.75, 3.05) is 26.3 Å². The van der Waals surface area contributed by atoms with Gasteiger partial charge in [-0.1, -0.05) is 0 Å². The Hall–Kier alpha value is -0.390. The third kappa shape index (κ3) is 7.71. The van der Waals surface area contributed by atoms with Gasteiger partial charge in [0.2, 0.25) is 0 Å². The highest BCUT2D eigenvalue weighted by Crippen LogP contribution is 1.75. The van der Waals surface area contributed by atoms with Gasteiger partial charge in [-0.15, -0.1) is 0 Å². The number of aliphatic hydroxyl groups is 2. The summed E-state index contributed by atoms with van der Waals surface area (Å²) in [5.74, 6) is 0. The van der Waals surface area contributed by atoms with E-state index in [-0.39, 0.29) is 13.2 Å². The first-order valence-electron chi connectivity index (χ1n) is 4.04. The van der Waals surface area contributed by atoms with E-state index in [1.165, 1.54) is 0 Å². The molecule has 72 valence electrons. The van der Waals surface area contributed by atoms with Gasteiger partial charge in [-0.05, 0) is 25.1 Å². The van der Waals surface area contributed by atoms with Crippen LogP contribution in [0.3, 0.4) is 0 Å². The third-order valence-corrected chi connectivity index (χ3v) is 1.53. The molecule has 0 unspecified atom stereocenters. The van der Waals surface area contributed by atoms with Crippen molar-refractivity contribution in [3.05, 3.63) is 0 Å². The summed E-state index contributed by atoms with van der Waals surface area (Å²) < 4.78 is 0. The second-order valence-electron chi connectivity index (χ2n) is 2.34. The molecule has 0 rings (SSSR count). The number of rotatable bonds is 6. The monoisotopic (exact) mass is 192 g/mol. The molecule has 0 spiro atoms. The van der Waals surface area contributed by atoms with E-state index < -0.39 is 0 Å². The van der Waals surface area contributed by atoms with E-state index in [2.05, 4.69) is 10.6 Å². The molecular weight excluding hydrogens is 176 g/mol. The zero-order chi connectivity index (χ0) is 9.23. The van der Waals surface area contributed by atoms with Crippen molar-refractivity contribution >= 4 is 17.3 Å². The van der Waals surface area contributed by atoms with Gasteiger partial charge in [-0.25, -0.2) is 0 Å². The molecule has 0 heterocycles. The van der Waals surface area contributed by atoms with Gasteiger partial charge in [0.1, 0.15) is 0 Å². The minimum absolute atomic E-state index is 0.173. The van der Waals surface area contributed by atoms with Crippen LogP contribution in [-0.4, -0.2) is 41.6 Å². The molecule has 0 saturated carbocycles. The summed E-state index contributed by atoms with van der Waals surface area (Å²) in [6.07, 6.45) is 1.39. The van der Waals surface area contributed by atoms with Crippen molar-refractivity contribution in [3.8, 4) is 0 Å². The predicted molar refractivity (Wildman–Crippen MR) is 52.0 cm³/mol. The van der Waals surface area contributed by atoms with Crippen molar-refractivity contribution < 1.29 is 10.2 Å². The number of aliphatic hydroxyl groups excluding tert-OH is 2. The first-order chi connectivity index (χ1) is 5.81. The summed E-state index contributed by atoms with van der Waals surface area (Å²) in [5, 5.41) is 23.3. The standard InChI is InChI=1S/C7H16N2O2S/c10-5-1-3-8-7(12)9-4-2-6-11/h10-11H,1-6H2,(H2,8,9,12). The molecule has 0 saturated heterocycles. The fraction of sp³-hybridized carbons (Fsp3) is 0.857. The summed E-state index contributed by atoms with van der Waals surface area (Å²) in [6, 6.07) is 0. The van der Waals surface area contributed by atoms with Gasteiger partial charge in [0.05, 0.1) is 0 Å². The normalized spacial score (nSPS) is 9.50. The van der Waals surface area contributed by atoms with Gasteiger partial charge in [-0.2, -0.15) is 0 Å². The Labute approximate surface area is 78.0 Å². The van der Waals surface area contributed by atoms with Crippen LogP contribution >= 0.6 is 12.2 Å². The summed E-state index contributed by atoms with van der Waals surface area (Å²) in [4.78, 5) is 0. The average molecular weight is 192 g/mol. The lowest BCUT2D eigenvalue weighted by Gasteiger charge is -2.08. The Morgan fingerprint density at radius 2 is 1.42 bits per heavy atom. The smallest absolute Gasteiger partial charge is 0.166 e. The molecule has 12 heavy (non-hydrogen) atoms. The zero-order valence-corrected chi connectivity index (χ0v) is 7.86. The lowest BCUT2D eigenvalue weighted by atomic mass is 10.4. The zero-order valence-electron chi connectivity index (χ0n) is 7.05. The van der Waals surface area contributed by atoms with E-state index in [4.69, 9.17) is 22.4 Å². The highest BCUT2D eigenvalue weighted by atomic mass is 32.1. The van der Waals surface area contributed by atoms with E-state index in [0.717, 1.165) is 0 Å². The summed E-state index contributed by atoms with van der Waals surface area (Å²) in [7, 11) is 0. The van der Waals surface area contributed by atoms with E-state index in [9.17, 15) is 0 Å². The topological polar surface area (TPSA) is 64.5 Å².